The summed E-state index contributed by atoms with van der Waals surface area (Å²) >= 11 is 0. The number of aliphatic carboxylic acids is 1. The zero-order valence-corrected chi connectivity index (χ0v) is 10.8. The maximum absolute atomic E-state index is 11.6. The minimum atomic E-state index is -1.14. The summed E-state index contributed by atoms with van der Waals surface area (Å²) < 4.78 is 4.75. The van der Waals surface area contributed by atoms with Crippen molar-refractivity contribution in [2.24, 2.45) is 0 Å². The van der Waals surface area contributed by atoms with Gasteiger partial charge < -0.3 is 25.4 Å². The average molecular weight is 273 g/mol. The van der Waals surface area contributed by atoms with Gasteiger partial charge >= 0.3 is 12.0 Å². The average Bonchev–Trinajstić information content (AvgIpc) is 2.35. The molecule has 0 bridgehead atoms. The normalized spacial score (nSPS) is 9.53. The fraction of sp³-hybridized carbons (Fsp3) is 0.545. The summed E-state index contributed by atoms with van der Waals surface area (Å²) in [6.07, 6.45) is 1.40. The lowest BCUT2D eigenvalue weighted by molar-refractivity contribution is -0.137. The Bertz CT molecular complexity index is 332. The standard InChI is InChI=1S/C11H19N3O5/c1-3-5-14(8-10(16)17)11(18)13-7-9(15)12-4-6-19-2/h3H,1,4-8H2,2H3,(H,12,15)(H,13,18)(H,16,17). The molecule has 0 aromatic carbocycles. The number of hydrogen-bond donors (Lipinski definition) is 3. The predicted octanol–water partition coefficient (Wildman–Crippen LogP) is -0.969. The van der Waals surface area contributed by atoms with Crippen LogP contribution in [0.2, 0.25) is 0 Å². The third-order valence-electron chi connectivity index (χ3n) is 1.99. The zero-order chi connectivity index (χ0) is 14.7. The lowest BCUT2D eigenvalue weighted by Crippen LogP contribution is -2.46. The Morgan fingerprint density at radius 2 is 2.05 bits per heavy atom. The van der Waals surface area contributed by atoms with Crippen molar-refractivity contribution in [3.8, 4) is 0 Å². The summed E-state index contributed by atoms with van der Waals surface area (Å²) in [5, 5.41) is 13.5. The minimum absolute atomic E-state index is 0.0867. The summed E-state index contributed by atoms with van der Waals surface area (Å²) in [5.41, 5.74) is 0. The zero-order valence-electron chi connectivity index (χ0n) is 10.8. The molecule has 0 saturated carbocycles. The summed E-state index contributed by atoms with van der Waals surface area (Å²) in [4.78, 5) is 34.5. The van der Waals surface area contributed by atoms with Crippen LogP contribution in [-0.4, -0.2) is 67.8 Å². The van der Waals surface area contributed by atoms with Crippen LogP contribution < -0.4 is 10.6 Å². The molecule has 0 aliphatic rings. The number of methoxy groups -OCH3 is 1. The first kappa shape index (κ1) is 16.9. The van der Waals surface area contributed by atoms with E-state index in [1.165, 1.54) is 13.2 Å². The highest BCUT2D eigenvalue weighted by molar-refractivity contribution is 5.85. The van der Waals surface area contributed by atoms with Crippen molar-refractivity contribution >= 4 is 17.9 Å². The number of carbonyl (C=O) groups excluding carboxylic acids is 2. The number of nitrogens with zero attached hydrogens (tertiary/aromatic N) is 1. The van der Waals surface area contributed by atoms with Gasteiger partial charge in [0.2, 0.25) is 5.91 Å². The number of carbonyl (C=O) groups is 3. The lowest BCUT2D eigenvalue weighted by atomic mass is 10.4. The third kappa shape index (κ3) is 8.61. The molecule has 0 spiro atoms. The molecule has 0 radical (unpaired) electrons. The molecule has 8 heteroatoms. The van der Waals surface area contributed by atoms with Gasteiger partial charge in [0.25, 0.3) is 0 Å². The summed E-state index contributed by atoms with van der Waals surface area (Å²) in [6, 6.07) is -0.635. The molecule has 108 valence electrons. The Hall–Kier alpha value is -2.09. The second-order valence-electron chi connectivity index (χ2n) is 3.56. The summed E-state index contributed by atoms with van der Waals surface area (Å²) in [6.45, 7) is 3.55. The van der Waals surface area contributed by atoms with Gasteiger partial charge in [-0.15, -0.1) is 6.58 Å². The molecular formula is C11H19N3O5. The van der Waals surface area contributed by atoms with E-state index in [1.807, 2.05) is 0 Å². The fourth-order valence-corrected chi connectivity index (χ4v) is 1.16. The Labute approximate surface area is 111 Å². The Balaban J connectivity index is 4.07. The van der Waals surface area contributed by atoms with Crippen LogP contribution in [0.1, 0.15) is 0 Å². The van der Waals surface area contributed by atoms with Crippen LogP contribution in [0.15, 0.2) is 12.7 Å². The number of rotatable bonds is 9. The topological polar surface area (TPSA) is 108 Å². The highest BCUT2D eigenvalue weighted by atomic mass is 16.5. The van der Waals surface area contributed by atoms with E-state index < -0.39 is 18.5 Å². The second-order valence-corrected chi connectivity index (χ2v) is 3.56. The first-order valence-corrected chi connectivity index (χ1v) is 5.62. The number of carboxylic acid groups (broad SMARTS) is 1. The molecular weight excluding hydrogens is 254 g/mol. The van der Waals surface area contributed by atoms with Crippen molar-refractivity contribution in [1.29, 1.82) is 0 Å². The van der Waals surface area contributed by atoms with E-state index >= 15 is 0 Å². The number of ether oxygens (including phenoxy) is 1. The monoisotopic (exact) mass is 273 g/mol. The van der Waals surface area contributed by atoms with Crippen LogP contribution in [0, 0.1) is 0 Å². The van der Waals surface area contributed by atoms with E-state index in [2.05, 4.69) is 17.2 Å². The SMILES string of the molecule is C=CCN(CC(=O)O)C(=O)NCC(=O)NCCOC. The summed E-state index contributed by atoms with van der Waals surface area (Å²) in [5.74, 6) is -1.51. The molecule has 0 aliphatic carbocycles. The van der Waals surface area contributed by atoms with Crippen LogP contribution in [-0.2, 0) is 14.3 Å². The van der Waals surface area contributed by atoms with Crippen LogP contribution >= 0.6 is 0 Å². The molecule has 3 N–H and O–H groups in total. The van der Waals surface area contributed by atoms with Gasteiger partial charge in [-0.25, -0.2) is 4.79 Å². The van der Waals surface area contributed by atoms with Crippen LogP contribution in [0.3, 0.4) is 0 Å². The second kappa shape index (κ2) is 9.89. The van der Waals surface area contributed by atoms with Crippen molar-refractivity contribution < 1.29 is 24.2 Å². The predicted molar refractivity (Wildman–Crippen MR) is 67.7 cm³/mol. The molecule has 8 nitrogen and oxygen atoms in total. The molecule has 0 fully saturated rings. The number of nitrogens with one attached hydrogen (secondary N) is 2. The molecule has 0 aromatic rings. The molecule has 3 amide bonds. The van der Waals surface area contributed by atoms with E-state index in [-0.39, 0.29) is 19.0 Å². The van der Waals surface area contributed by atoms with Gasteiger partial charge in [-0.3, -0.25) is 9.59 Å². The van der Waals surface area contributed by atoms with E-state index in [0.29, 0.717) is 13.2 Å². The van der Waals surface area contributed by atoms with E-state index in [1.54, 1.807) is 0 Å². The number of amides is 3. The number of hydrogen-bond acceptors (Lipinski definition) is 4. The van der Waals surface area contributed by atoms with Gasteiger partial charge in [0.05, 0.1) is 13.2 Å². The molecule has 0 aromatic heterocycles. The Kier molecular flexibility index (Phi) is 8.80. The Morgan fingerprint density at radius 1 is 1.37 bits per heavy atom. The first-order chi connectivity index (χ1) is 9.01. The minimum Gasteiger partial charge on any atom is -0.480 e. The van der Waals surface area contributed by atoms with Crippen molar-refractivity contribution in [2.75, 3.05) is 39.9 Å². The van der Waals surface area contributed by atoms with Crippen LogP contribution in [0.4, 0.5) is 4.79 Å². The molecule has 0 heterocycles. The third-order valence-corrected chi connectivity index (χ3v) is 1.99. The van der Waals surface area contributed by atoms with E-state index in [0.717, 1.165) is 4.90 Å². The summed E-state index contributed by atoms with van der Waals surface area (Å²) in [7, 11) is 1.51. The molecule has 19 heavy (non-hydrogen) atoms. The quantitative estimate of drug-likeness (QED) is 0.370. The van der Waals surface area contributed by atoms with Gasteiger partial charge in [-0.2, -0.15) is 0 Å². The van der Waals surface area contributed by atoms with E-state index in [9.17, 15) is 14.4 Å². The van der Waals surface area contributed by atoms with Gasteiger partial charge in [-0.05, 0) is 0 Å². The van der Waals surface area contributed by atoms with Gasteiger partial charge in [0, 0.05) is 20.2 Å². The van der Waals surface area contributed by atoms with Crippen molar-refractivity contribution in [3.63, 3.8) is 0 Å². The molecule has 0 saturated heterocycles. The van der Waals surface area contributed by atoms with Crippen LogP contribution in [0.5, 0.6) is 0 Å². The Morgan fingerprint density at radius 3 is 2.58 bits per heavy atom. The molecule has 0 aliphatic heterocycles. The first-order valence-electron chi connectivity index (χ1n) is 5.62. The fourth-order valence-electron chi connectivity index (χ4n) is 1.16. The van der Waals surface area contributed by atoms with Crippen molar-refractivity contribution in [1.82, 2.24) is 15.5 Å². The van der Waals surface area contributed by atoms with Crippen LogP contribution in [0.25, 0.3) is 0 Å². The van der Waals surface area contributed by atoms with E-state index in [4.69, 9.17) is 9.84 Å². The maximum Gasteiger partial charge on any atom is 0.323 e. The number of urea groups is 1. The van der Waals surface area contributed by atoms with Crippen molar-refractivity contribution in [3.05, 3.63) is 12.7 Å². The van der Waals surface area contributed by atoms with Crippen molar-refractivity contribution in [2.45, 2.75) is 0 Å². The molecule has 0 rings (SSSR count). The maximum atomic E-state index is 11.6. The van der Waals surface area contributed by atoms with Gasteiger partial charge in [0.15, 0.2) is 0 Å². The highest BCUT2D eigenvalue weighted by Gasteiger charge is 2.15. The molecule has 0 unspecified atom stereocenters. The number of carboxylic acids is 1. The van der Waals surface area contributed by atoms with Gasteiger partial charge in [-0.1, -0.05) is 6.08 Å². The lowest BCUT2D eigenvalue weighted by Gasteiger charge is -2.19. The smallest absolute Gasteiger partial charge is 0.323 e. The highest BCUT2D eigenvalue weighted by Crippen LogP contribution is 1.90. The molecule has 0 atom stereocenters. The largest absolute Gasteiger partial charge is 0.480 e. The van der Waals surface area contributed by atoms with Gasteiger partial charge in [0.1, 0.15) is 6.54 Å².